The van der Waals surface area contributed by atoms with Crippen molar-refractivity contribution in [1.82, 2.24) is 0 Å². The Morgan fingerprint density at radius 2 is 1.50 bits per heavy atom. The second-order valence-corrected chi connectivity index (χ2v) is 5.98. The van der Waals surface area contributed by atoms with E-state index in [0.29, 0.717) is 5.56 Å². The van der Waals surface area contributed by atoms with E-state index in [2.05, 4.69) is 20.8 Å². The molecule has 0 aliphatic rings. The van der Waals surface area contributed by atoms with Crippen LogP contribution in [0.5, 0.6) is 0 Å². The van der Waals surface area contributed by atoms with Crippen molar-refractivity contribution < 1.29 is 19.4 Å². The number of esters is 1. The molecule has 0 bridgehead atoms. The van der Waals surface area contributed by atoms with Gasteiger partial charge in [-0.25, -0.2) is 0 Å². The summed E-state index contributed by atoms with van der Waals surface area (Å²) in [5.74, 6) is -1.95. The average molecular weight is 278 g/mol. The van der Waals surface area contributed by atoms with Gasteiger partial charge in [-0.05, 0) is 30.4 Å². The molecule has 0 fully saturated rings. The average Bonchev–Trinajstić information content (AvgIpc) is 2.37. The molecule has 0 amide bonds. The first kappa shape index (κ1) is 16.2. The molecule has 1 aromatic carbocycles. The van der Waals surface area contributed by atoms with Crippen molar-refractivity contribution in [2.24, 2.45) is 0 Å². The summed E-state index contributed by atoms with van der Waals surface area (Å²) in [6.45, 7) is 9.40. The molecule has 4 heteroatoms. The van der Waals surface area contributed by atoms with Gasteiger partial charge in [-0.3, -0.25) is 9.59 Å². The van der Waals surface area contributed by atoms with Gasteiger partial charge in [0, 0.05) is 0 Å². The fourth-order valence-electron chi connectivity index (χ4n) is 1.91. The maximum Gasteiger partial charge on any atom is 0.327 e. The van der Waals surface area contributed by atoms with Crippen molar-refractivity contribution in [3.8, 4) is 0 Å². The summed E-state index contributed by atoms with van der Waals surface area (Å²) in [4.78, 5) is 23.5. The van der Waals surface area contributed by atoms with Gasteiger partial charge in [0.15, 0.2) is 5.41 Å². The maximum absolute atomic E-state index is 12.0. The van der Waals surface area contributed by atoms with E-state index in [0.717, 1.165) is 5.56 Å². The van der Waals surface area contributed by atoms with E-state index in [4.69, 9.17) is 4.74 Å². The molecule has 1 unspecified atom stereocenters. The van der Waals surface area contributed by atoms with E-state index in [1.807, 2.05) is 12.1 Å². The monoisotopic (exact) mass is 278 g/mol. The molecule has 1 N–H and O–H groups in total. The van der Waals surface area contributed by atoms with Crippen LogP contribution in [0.3, 0.4) is 0 Å². The predicted molar refractivity (Wildman–Crippen MR) is 76.8 cm³/mol. The summed E-state index contributed by atoms with van der Waals surface area (Å²) in [6.07, 6.45) is 0. The summed E-state index contributed by atoms with van der Waals surface area (Å²) in [6, 6.07) is 7.09. The Kier molecular flexibility index (Phi) is 4.58. The molecule has 1 atom stereocenters. The summed E-state index contributed by atoms with van der Waals surface area (Å²) >= 11 is 0. The number of aliphatic carboxylic acids is 1. The topological polar surface area (TPSA) is 63.6 Å². The second-order valence-electron chi connectivity index (χ2n) is 5.98. The highest BCUT2D eigenvalue weighted by molar-refractivity contribution is 6.05. The number of ether oxygens (including phenoxy) is 1. The van der Waals surface area contributed by atoms with Gasteiger partial charge >= 0.3 is 11.9 Å². The zero-order chi connectivity index (χ0) is 15.6. The molecule has 0 aromatic heterocycles. The maximum atomic E-state index is 12.0. The molecule has 0 saturated carbocycles. The minimum Gasteiger partial charge on any atom is -0.480 e. The highest BCUT2D eigenvalue weighted by atomic mass is 16.5. The van der Waals surface area contributed by atoms with Crippen LogP contribution in [0.4, 0.5) is 0 Å². The smallest absolute Gasteiger partial charge is 0.327 e. The molecule has 0 heterocycles. The number of carbonyl (C=O) groups excluding carboxylic acids is 1. The minimum absolute atomic E-state index is 0.0257. The summed E-state index contributed by atoms with van der Waals surface area (Å²) < 4.78 is 4.90. The Bertz CT molecular complexity index is 496. The number of hydrogen-bond donors (Lipinski definition) is 1. The van der Waals surface area contributed by atoms with Crippen molar-refractivity contribution in [1.29, 1.82) is 0 Å². The molecule has 4 nitrogen and oxygen atoms in total. The van der Waals surface area contributed by atoms with Crippen LogP contribution in [0.25, 0.3) is 0 Å². The lowest BCUT2D eigenvalue weighted by Crippen LogP contribution is -2.42. The third-order valence-electron chi connectivity index (χ3n) is 3.44. The van der Waals surface area contributed by atoms with E-state index in [1.54, 1.807) is 19.1 Å². The number of carboxylic acid groups (broad SMARTS) is 1. The summed E-state index contributed by atoms with van der Waals surface area (Å²) in [5, 5.41) is 9.41. The third-order valence-corrected chi connectivity index (χ3v) is 3.44. The van der Waals surface area contributed by atoms with E-state index >= 15 is 0 Å². The first-order valence-electron chi connectivity index (χ1n) is 6.65. The standard InChI is InChI=1S/C16H22O4/c1-6-20-14(19)16(5,13(17)18)12-9-7-11(8-10-12)15(2,3)4/h7-10H,6H2,1-5H3,(H,17,18). The minimum atomic E-state index is -1.67. The second kappa shape index (κ2) is 5.65. The first-order chi connectivity index (χ1) is 9.14. The lowest BCUT2D eigenvalue weighted by atomic mass is 9.80. The highest BCUT2D eigenvalue weighted by Gasteiger charge is 2.44. The number of rotatable bonds is 4. The molecule has 0 radical (unpaired) electrons. The Morgan fingerprint density at radius 3 is 1.85 bits per heavy atom. The SMILES string of the molecule is CCOC(=O)C(C)(C(=O)O)c1ccc(C(C)(C)C)cc1. The van der Waals surface area contributed by atoms with Crippen molar-refractivity contribution in [2.45, 2.75) is 45.4 Å². The Balaban J connectivity index is 3.24. The van der Waals surface area contributed by atoms with Crippen LogP contribution in [0.1, 0.15) is 45.7 Å². The van der Waals surface area contributed by atoms with Crippen molar-refractivity contribution in [2.75, 3.05) is 6.61 Å². The van der Waals surface area contributed by atoms with Crippen LogP contribution in [-0.4, -0.2) is 23.7 Å². The molecule has 20 heavy (non-hydrogen) atoms. The van der Waals surface area contributed by atoms with Crippen molar-refractivity contribution >= 4 is 11.9 Å². The number of benzene rings is 1. The predicted octanol–water partition coefficient (Wildman–Crippen LogP) is 2.89. The largest absolute Gasteiger partial charge is 0.480 e. The Hall–Kier alpha value is -1.84. The van der Waals surface area contributed by atoms with Crippen LogP contribution < -0.4 is 0 Å². The van der Waals surface area contributed by atoms with E-state index in [-0.39, 0.29) is 12.0 Å². The fraction of sp³-hybridized carbons (Fsp3) is 0.500. The van der Waals surface area contributed by atoms with E-state index in [9.17, 15) is 14.7 Å². The van der Waals surface area contributed by atoms with E-state index in [1.165, 1.54) is 6.92 Å². The molecule has 0 saturated heterocycles. The molecular weight excluding hydrogens is 256 g/mol. The normalized spacial score (nSPS) is 14.4. The lowest BCUT2D eigenvalue weighted by molar-refractivity contribution is -0.160. The number of hydrogen-bond acceptors (Lipinski definition) is 3. The molecule has 0 spiro atoms. The Morgan fingerprint density at radius 1 is 1.05 bits per heavy atom. The highest BCUT2D eigenvalue weighted by Crippen LogP contribution is 2.29. The quantitative estimate of drug-likeness (QED) is 0.679. The molecule has 0 aliphatic carbocycles. The van der Waals surface area contributed by atoms with Gasteiger partial charge < -0.3 is 9.84 Å². The van der Waals surface area contributed by atoms with E-state index < -0.39 is 17.4 Å². The van der Waals surface area contributed by atoms with Gasteiger partial charge in [0.1, 0.15) is 0 Å². The van der Waals surface area contributed by atoms with Crippen molar-refractivity contribution in [3.63, 3.8) is 0 Å². The lowest BCUT2D eigenvalue weighted by Gasteiger charge is -2.25. The molecule has 1 rings (SSSR count). The third kappa shape index (κ3) is 3.00. The van der Waals surface area contributed by atoms with Gasteiger partial charge in [0.25, 0.3) is 0 Å². The molecular formula is C16H22O4. The van der Waals surface area contributed by atoms with Gasteiger partial charge in [0.05, 0.1) is 6.61 Å². The van der Waals surface area contributed by atoms with Crippen LogP contribution in [0.15, 0.2) is 24.3 Å². The number of carboxylic acids is 1. The molecule has 1 aromatic rings. The number of carbonyl (C=O) groups is 2. The van der Waals surface area contributed by atoms with Crippen LogP contribution in [0.2, 0.25) is 0 Å². The zero-order valence-corrected chi connectivity index (χ0v) is 12.7. The fourth-order valence-corrected chi connectivity index (χ4v) is 1.91. The zero-order valence-electron chi connectivity index (χ0n) is 12.7. The summed E-state index contributed by atoms with van der Waals surface area (Å²) in [7, 11) is 0. The molecule has 110 valence electrons. The first-order valence-corrected chi connectivity index (χ1v) is 6.65. The van der Waals surface area contributed by atoms with Gasteiger partial charge in [-0.1, -0.05) is 45.0 Å². The van der Waals surface area contributed by atoms with Crippen LogP contribution >= 0.6 is 0 Å². The van der Waals surface area contributed by atoms with Gasteiger partial charge in [-0.15, -0.1) is 0 Å². The molecule has 0 aliphatic heterocycles. The Labute approximate surface area is 119 Å². The van der Waals surface area contributed by atoms with Crippen LogP contribution in [0, 0.1) is 0 Å². The summed E-state index contributed by atoms with van der Waals surface area (Å²) in [5.41, 5.74) is -0.191. The van der Waals surface area contributed by atoms with Gasteiger partial charge in [-0.2, -0.15) is 0 Å². The van der Waals surface area contributed by atoms with Crippen LogP contribution in [-0.2, 0) is 25.2 Å². The van der Waals surface area contributed by atoms with Gasteiger partial charge in [0.2, 0.25) is 0 Å². The van der Waals surface area contributed by atoms with Crippen molar-refractivity contribution in [3.05, 3.63) is 35.4 Å².